The number of ether oxygens (including phenoxy) is 2. The zero-order chi connectivity index (χ0) is 20.4. The maximum Gasteiger partial charge on any atom is 0.333 e. The average molecular weight is 385 g/mol. The van der Waals surface area contributed by atoms with Crippen LogP contribution in [0.15, 0.2) is 54.6 Å². The fourth-order valence-corrected chi connectivity index (χ4v) is 2.77. The van der Waals surface area contributed by atoms with Crippen LogP contribution in [-0.2, 0) is 27.3 Å². The van der Waals surface area contributed by atoms with Gasteiger partial charge in [0.2, 0.25) is 0 Å². The van der Waals surface area contributed by atoms with Gasteiger partial charge in [0.1, 0.15) is 5.75 Å². The van der Waals surface area contributed by atoms with Crippen LogP contribution in [0.5, 0.6) is 5.75 Å². The fourth-order valence-electron chi connectivity index (χ4n) is 2.77. The highest BCUT2D eigenvalue weighted by molar-refractivity contribution is 5.77. The predicted octanol–water partition coefficient (Wildman–Crippen LogP) is 3.15. The molecule has 0 aliphatic heterocycles. The summed E-state index contributed by atoms with van der Waals surface area (Å²) in [5, 5.41) is 9.15. The van der Waals surface area contributed by atoms with Crippen molar-refractivity contribution in [2.24, 2.45) is 0 Å². The summed E-state index contributed by atoms with van der Waals surface area (Å²) in [4.78, 5) is 25.3. The molecule has 0 radical (unpaired) electrons. The van der Waals surface area contributed by atoms with E-state index in [0.717, 1.165) is 11.1 Å². The third-order valence-electron chi connectivity index (χ3n) is 4.30. The molecule has 0 unspecified atom stereocenters. The van der Waals surface area contributed by atoms with Crippen molar-refractivity contribution in [3.05, 3.63) is 65.7 Å². The summed E-state index contributed by atoms with van der Waals surface area (Å²) in [6.07, 6.45) is -0.585. The van der Waals surface area contributed by atoms with Gasteiger partial charge in [0, 0.05) is 26.1 Å². The molecule has 0 spiro atoms. The van der Waals surface area contributed by atoms with E-state index in [1.54, 1.807) is 36.1 Å². The Bertz CT molecular complexity index is 745. The predicted molar refractivity (Wildman–Crippen MR) is 106 cm³/mol. The number of benzene rings is 2. The molecule has 28 heavy (non-hydrogen) atoms. The van der Waals surface area contributed by atoms with Crippen LogP contribution in [0.25, 0.3) is 0 Å². The summed E-state index contributed by atoms with van der Waals surface area (Å²) in [5.41, 5.74) is 1.91. The Morgan fingerprint density at radius 3 is 2.25 bits per heavy atom. The van der Waals surface area contributed by atoms with Crippen LogP contribution < -0.4 is 4.74 Å². The van der Waals surface area contributed by atoms with Gasteiger partial charge in [-0.25, -0.2) is 4.79 Å². The molecule has 6 heteroatoms. The highest BCUT2D eigenvalue weighted by Gasteiger charge is 2.18. The van der Waals surface area contributed by atoms with Crippen molar-refractivity contribution in [2.75, 3.05) is 19.8 Å². The highest BCUT2D eigenvalue weighted by Crippen LogP contribution is 2.15. The summed E-state index contributed by atoms with van der Waals surface area (Å²) in [6, 6.07) is 16.9. The molecule has 1 amide bonds. The Kier molecular flexibility index (Phi) is 8.49. The SMILES string of the molecule is CCO[C@@H](Cc1ccc(OCC(=O)N(CC)Cc2ccccc2)cc1)C(=O)O. The molecule has 0 aromatic heterocycles. The van der Waals surface area contributed by atoms with E-state index in [1.807, 2.05) is 37.3 Å². The number of carbonyl (C=O) groups is 2. The molecule has 0 fully saturated rings. The van der Waals surface area contributed by atoms with E-state index in [1.165, 1.54) is 0 Å². The first-order valence-electron chi connectivity index (χ1n) is 9.41. The molecule has 0 bridgehead atoms. The molecule has 150 valence electrons. The number of nitrogens with zero attached hydrogens (tertiary/aromatic N) is 1. The Labute approximate surface area is 165 Å². The van der Waals surface area contributed by atoms with Gasteiger partial charge in [-0.3, -0.25) is 4.79 Å². The second kappa shape index (κ2) is 11.1. The average Bonchev–Trinajstić information content (AvgIpc) is 2.71. The van der Waals surface area contributed by atoms with E-state index in [0.29, 0.717) is 25.4 Å². The van der Waals surface area contributed by atoms with Crippen molar-refractivity contribution < 1.29 is 24.2 Å². The third-order valence-corrected chi connectivity index (χ3v) is 4.30. The van der Waals surface area contributed by atoms with Crippen LogP contribution >= 0.6 is 0 Å². The Morgan fingerprint density at radius 1 is 1.00 bits per heavy atom. The number of hydrogen-bond acceptors (Lipinski definition) is 4. The first-order valence-corrected chi connectivity index (χ1v) is 9.41. The zero-order valence-electron chi connectivity index (χ0n) is 16.3. The minimum Gasteiger partial charge on any atom is -0.484 e. The molecular weight excluding hydrogens is 358 g/mol. The number of rotatable bonds is 11. The van der Waals surface area contributed by atoms with E-state index in [2.05, 4.69) is 0 Å². The van der Waals surface area contributed by atoms with Gasteiger partial charge in [-0.2, -0.15) is 0 Å². The molecule has 1 N–H and O–H groups in total. The number of hydrogen-bond donors (Lipinski definition) is 1. The smallest absolute Gasteiger partial charge is 0.333 e. The van der Waals surface area contributed by atoms with E-state index < -0.39 is 12.1 Å². The van der Waals surface area contributed by atoms with E-state index in [-0.39, 0.29) is 18.9 Å². The van der Waals surface area contributed by atoms with E-state index in [4.69, 9.17) is 14.6 Å². The Morgan fingerprint density at radius 2 is 1.68 bits per heavy atom. The lowest BCUT2D eigenvalue weighted by Gasteiger charge is -2.21. The largest absolute Gasteiger partial charge is 0.484 e. The Hall–Kier alpha value is -2.86. The molecule has 2 aromatic rings. The molecule has 0 saturated heterocycles. The first-order chi connectivity index (χ1) is 13.5. The maximum absolute atomic E-state index is 12.4. The minimum absolute atomic E-state index is 0.0449. The molecule has 2 aromatic carbocycles. The first kappa shape index (κ1) is 21.4. The van der Waals surface area contributed by atoms with E-state index >= 15 is 0 Å². The summed E-state index contributed by atoms with van der Waals surface area (Å²) in [6.45, 7) is 5.15. The standard InChI is InChI=1S/C22H27NO5/c1-3-23(15-18-8-6-5-7-9-18)21(24)16-28-19-12-10-17(11-13-19)14-20(22(25)26)27-4-2/h5-13,20H,3-4,14-16H2,1-2H3,(H,25,26)/t20-/m0/s1. The third kappa shape index (κ3) is 6.70. The quantitative estimate of drug-likeness (QED) is 0.643. The summed E-state index contributed by atoms with van der Waals surface area (Å²) in [7, 11) is 0. The lowest BCUT2D eigenvalue weighted by atomic mass is 10.1. The van der Waals surface area contributed by atoms with Crippen LogP contribution in [0.2, 0.25) is 0 Å². The molecule has 6 nitrogen and oxygen atoms in total. The van der Waals surface area contributed by atoms with Crippen molar-refractivity contribution in [3.8, 4) is 5.75 Å². The zero-order valence-corrected chi connectivity index (χ0v) is 16.3. The van der Waals surface area contributed by atoms with Gasteiger partial charge in [0.15, 0.2) is 12.7 Å². The molecule has 1 atom stereocenters. The molecule has 0 aliphatic rings. The molecule has 2 rings (SSSR count). The number of carboxylic acid groups (broad SMARTS) is 1. The van der Waals surface area contributed by atoms with Crippen molar-refractivity contribution in [1.29, 1.82) is 0 Å². The summed E-state index contributed by atoms with van der Waals surface area (Å²) < 4.78 is 10.8. The van der Waals surface area contributed by atoms with Crippen LogP contribution in [0.4, 0.5) is 0 Å². The van der Waals surface area contributed by atoms with Gasteiger partial charge in [-0.05, 0) is 37.1 Å². The van der Waals surface area contributed by atoms with Crippen molar-refractivity contribution in [1.82, 2.24) is 4.90 Å². The monoisotopic (exact) mass is 385 g/mol. The van der Waals surface area contributed by atoms with Gasteiger partial charge < -0.3 is 19.5 Å². The maximum atomic E-state index is 12.4. The van der Waals surface area contributed by atoms with Gasteiger partial charge in [-0.1, -0.05) is 42.5 Å². The highest BCUT2D eigenvalue weighted by atomic mass is 16.5. The normalized spacial score (nSPS) is 11.6. The second-order valence-corrected chi connectivity index (χ2v) is 6.31. The summed E-state index contributed by atoms with van der Waals surface area (Å²) in [5.74, 6) is -0.500. The fraction of sp³-hybridized carbons (Fsp3) is 0.364. The number of carboxylic acids is 1. The van der Waals surface area contributed by atoms with Crippen LogP contribution in [0.1, 0.15) is 25.0 Å². The van der Waals surface area contributed by atoms with Gasteiger partial charge >= 0.3 is 5.97 Å². The van der Waals surface area contributed by atoms with Gasteiger partial charge in [-0.15, -0.1) is 0 Å². The summed E-state index contributed by atoms with van der Waals surface area (Å²) >= 11 is 0. The topological polar surface area (TPSA) is 76.1 Å². The molecule has 0 heterocycles. The van der Waals surface area contributed by atoms with Gasteiger partial charge in [0.05, 0.1) is 0 Å². The molecule has 0 aliphatic carbocycles. The molecular formula is C22H27NO5. The molecule has 0 saturated carbocycles. The van der Waals surface area contributed by atoms with Crippen molar-refractivity contribution in [2.45, 2.75) is 32.9 Å². The van der Waals surface area contributed by atoms with Crippen molar-refractivity contribution >= 4 is 11.9 Å². The number of carbonyl (C=O) groups excluding carboxylic acids is 1. The van der Waals surface area contributed by atoms with Crippen LogP contribution in [0, 0.1) is 0 Å². The lowest BCUT2D eigenvalue weighted by Crippen LogP contribution is -2.34. The Balaban J connectivity index is 1.87. The van der Waals surface area contributed by atoms with Gasteiger partial charge in [0.25, 0.3) is 5.91 Å². The number of amides is 1. The van der Waals surface area contributed by atoms with Crippen LogP contribution in [-0.4, -0.2) is 47.7 Å². The van der Waals surface area contributed by atoms with Crippen LogP contribution in [0.3, 0.4) is 0 Å². The van der Waals surface area contributed by atoms with E-state index in [9.17, 15) is 9.59 Å². The number of aliphatic carboxylic acids is 1. The lowest BCUT2D eigenvalue weighted by molar-refractivity contribution is -0.150. The minimum atomic E-state index is -0.981. The second-order valence-electron chi connectivity index (χ2n) is 6.31. The number of likely N-dealkylation sites (N-methyl/N-ethyl adjacent to an activating group) is 1. The van der Waals surface area contributed by atoms with Crippen molar-refractivity contribution in [3.63, 3.8) is 0 Å².